The fourth-order valence-corrected chi connectivity index (χ4v) is 12.9. The smallest absolute Gasteiger partial charge is 0.413 e. The van der Waals surface area contributed by atoms with Crippen LogP contribution in [0.4, 0.5) is 21.4 Å². The Morgan fingerprint density at radius 1 is 0.917 bits per heavy atom. The number of carbonyl (C=O) groups is 2. The van der Waals surface area contributed by atoms with E-state index in [1.807, 2.05) is 48.6 Å². The van der Waals surface area contributed by atoms with Gasteiger partial charge in [0.05, 0.1) is 33.0 Å². The van der Waals surface area contributed by atoms with Crippen LogP contribution in [-0.4, -0.2) is 84.2 Å². The van der Waals surface area contributed by atoms with E-state index < -0.39 is 20.0 Å². The Kier molecular flexibility index (Phi) is 13.8. The summed E-state index contributed by atoms with van der Waals surface area (Å²) in [4.78, 5) is 36.7. The number of benzene rings is 3. The summed E-state index contributed by atoms with van der Waals surface area (Å²) in [5.41, 5.74) is 2.51. The van der Waals surface area contributed by atoms with Gasteiger partial charge in [0, 0.05) is 24.8 Å². The first-order valence-corrected chi connectivity index (χ1v) is 22.8. The maximum absolute atomic E-state index is 13.1. The third-order valence-electron chi connectivity index (χ3n) is 11.0. The Labute approximate surface area is 355 Å². The Morgan fingerprint density at radius 2 is 1.60 bits per heavy atom. The first-order valence-electron chi connectivity index (χ1n) is 20.9. The summed E-state index contributed by atoms with van der Waals surface area (Å²) in [6, 6.07) is 27.2. The number of hydrogen-bond donors (Lipinski definition) is 2. The van der Waals surface area contributed by atoms with Gasteiger partial charge in [0.25, 0.3) is 8.32 Å². The molecule has 0 bridgehead atoms. The molecule has 3 aromatic carbocycles. The average molecular weight is 836 g/mol. The van der Waals surface area contributed by atoms with E-state index in [1.165, 1.54) is 17.5 Å². The van der Waals surface area contributed by atoms with Gasteiger partial charge in [-0.1, -0.05) is 107 Å². The molecule has 1 aliphatic heterocycles. The number of nitrogens with one attached hydrogen (secondary N) is 2. The zero-order valence-corrected chi connectivity index (χ0v) is 37.6. The zero-order valence-electron chi connectivity index (χ0n) is 36.6. The van der Waals surface area contributed by atoms with E-state index >= 15 is 0 Å². The summed E-state index contributed by atoms with van der Waals surface area (Å²) in [5, 5.41) is 13.4. The van der Waals surface area contributed by atoms with E-state index in [9.17, 15) is 9.59 Å². The van der Waals surface area contributed by atoms with Gasteiger partial charge in [0.2, 0.25) is 5.95 Å². The van der Waals surface area contributed by atoms with E-state index in [2.05, 4.69) is 104 Å². The summed E-state index contributed by atoms with van der Waals surface area (Å²) in [6.45, 7) is 16.2. The lowest BCUT2D eigenvalue weighted by Crippen LogP contribution is -2.66. The number of fused-ring (bicyclic) bond motifs is 1. The highest BCUT2D eigenvalue weighted by atomic mass is 28.4. The Balaban J connectivity index is 1.30. The highest BCUT2D eigenvalue weighted by molar-refractivity contribution is 6.99. The Morgan fingerprint density at radius 3 is 2.20 bits per heavy atom. The second kappa shape index (κ2) is 18.8. The van der Waals surface area contributed by atoms with Crippen LogP contribution >= 0.6 is 0 Å². The van der Waals surface area contributed by atoms with Crippen LogP contribution in [0.5, 0.6) is 5.75 Å². The van der Waals surface area contributed by atoms with Crippen LogP contribution in [0.25, 0.3) is 11.0 Å². The molecular weight excluding hydrogens is 775 g/mol. The first kappa shape index (κ1) is 44.1. The topological polar surface area (TPSA) is 142 Å². The number of carbonyl (C=O) groups excluding carboxylic acids is 2. The molecule has 2 atom stereocenters. The van der Waals surface area contributed by atoms with Crippen molar-refractivity contribution >= 4 is 53.7 Å². The minimum atomic E-state index is -2.76. The molecule has 0 radical (unpaired) electrons. The summed E-state index contributed by atoms with van der Waals surface area (Å²) in [5.74, 6) is 1.31. The predicted octanol–water partition coefficient (Wildman–Crippen LogP) is 8.68. The molecule has 1 fully saturated rings. The van der Waals surface area contributed by atoms with Gasteiger partial charge in [-0.25, -0.2) is 14.6 Å². The van der Waals surface area contributed by atoms with Gasteiger partial charge in [-0.05, 0) is 73.5 Å². The van der Waals surface area contributed by atoms with Crippen molar-refractivity contribution in [3.63, 3.8) is 0 Å². The lowest BCUT2D eigenvalue weighted by molar-refractivity contribution is 0.0224. The molecule has 1 saturated heterocycles. The Hall–Kier alpha value is -5.47. The number of methoxy groups -OCH3 is 2. The molecule has 2 aromatic heterocycles. The first-order chi connectivity index (χ1) is 28.7. The summed E-state index contributed by atoms with van der Waals surface area (Å²) >= 11 is 0. The third kappa shape index (κ3) is 9.93. The van der Waals surface area contributed by atoms with Crippen molar-refractivity contribution in [3.05, 3.63) is 96.2 Å². The van der Waals surface area contributed by atoms with Crippen LogP contribution in [0.1, 0.15) is 97.7 Å². The monoisotopic (exact) mass is 835 g/mol. The minimum absolute atomic E-state index is 0.0335. The standard InChI is InChI=1S/C46H61N7O6Si/c1-10-18-34(26-28-58-60(46(5,6)7,35-19-13-11-14-20-35)36-21-15-12-16-22-36)48-41-40-37(49-42(50-41)51-43(54)57-9)30-47-53(40)31-33-25-24-32(29-39(33)56-8)38-23-17-27-52(38)44(55)59-45(2,3)4/h11-16,19-22,24-25,29-30,34,38H,10,17-18,23,26-28,31H2,1-9H3,(H2,48,49,50,51,54)/t34-,38?/m0/s1. The molecule has 14 heteroatoms. The molecule has 13 nitrogen and oxygen atoms in total. The van der Waals surface area contributed by atoms with Crippen molar-refractivity contribution in [1.29, 1.82) is 0 Å². The summed E-state index contributed by atoms with van der Waals surface area (Å²) < 4.78 is 25.7. The number of anilines is 2. The lowest BCUT2D eigenvalue weighted by Gasteiger charge is -2.43. The van der Waals surface area contributed by atoms with Crippen LogP contribution in [-0.2, 0) is 20.4 Å². The highest BCUT2D eigenvalue weighted by Crippen LogP contribution is 2.38. The minimum Gasteiger partial charge on any atom is -0.496 e. The molecule has 60 heavy (non-hydrogen) atoms. The molecule has 2 N–H and O–H groups in total. The number of aromatic nitrogens is 4. The largest absolute Gasteiger partial charge is 0.496 e. The number of likely N-dealkylation sites (tertiary alicyclic amines) is 1. The number of rotatable bonds is 15. The van der Waals surface area contributed by atoms with E-state index in [4.69, 9.17) is 28.7 Å². The molecule has 0 aliphatic carbocycles. The predicted molar refractivity (Wildman–Crippen MR) is 239 cm³/mol. The normalized spacial score (nSPS) is 15.2. The number of amides is 2. The van der Waals surface area contributed by atoms with Gasteiger partial charge in [0.15, 0.2) is 5.82 Å². The van der Waals surface area contributed by atoms with Crippen LogP contribution in [0, 0.1) is 0 Å². The van der Waals surface area contributed by atoms with Gasteiger partial charge in [-0.3, -0.25) is 10.00 Å². The molecule has 5 aromatic rings. The number of ether oxygens (including phenoxy) is 3. The molecule has 1 unspecified atom stereocenters. The number of hydrogen-bond acceptors (Lipinski definition) is 10. The average Bonchev–Trinajstić information content (AvgIpc) is 3.87. The molecule has 3 heterocycles. The fraction of sp³-hybridized carbons (Fsp3) is 0.457. The molecule has 6 rings (SSSR count). The van der Waals surface area contributed by atoms with Crippen LogP contribution < -0.4 is 25.7 Å². The van der Waals surface area contributed by atoms with Crippen molar-refractivity contribution in [2.24, 2.45) is 0 Å². The SMILES string of the molecule is CCC[C@@H](CCO[Si](c1ccccc1)(c1ccccc1)C(C)(C)C)Nc1nc(NC(=O)OC)nc2cnn(Cc3ccc(C4CCCN4C(=O)OC(C)(C)C)cc3OC)c12. The van der Waals surface area contributed by atoms with Crippen molar-refractivity contribution < 1.29 is 28.2 Å². The van der Waals surface area contributed by atoms with Crippen LogP contribution in [0.2, 0.25) is 5.04 Å². The van der Waals surface area contributed by atoms with E-state index in [0.29, 0.717) is 48.7 Å². The van der Waals surface area contributed by atoms with E-state index in [1.54, 1.807) is 13.3 Å². The van der Waals surface area contributed by atoms with Gasteiger partial charge in [-0.15, -0.1) is 0 Å². The quantitative estimate of drug-likeness (QED) is 0.0985. The summed E-state index contributed by atoms with van der Waals surface area (Å²) in [6.07, 6.45) is 4.88. The van der Waals surface area contributed by atoms with Crippen molar-refractivity contribution in [3.8, 4) is 5.75 Å². The van der Waals surface area contributed by atoms with Gasteiger partial charge < -0.3 is 28.9 Å². The maximum Gasteiger partial charge on any atom is 0.413 e. The van der Waals surface area contributed by atoms with E-state index in [0.717, 1.165) is 36.8 Å². The summed E-state index contributed by atoms with van der Waals surface area (Å²) in [7, 11) is 0.193. The third-order valence-corrected chi connectivity index (χ3v) is 16.0. The molecule has 1 aliphatic rings. The van der Waals surface area contributed by atoms with Gasteiger partial charge >= 0.3 is 12.2 Å². The van der Waals surface area contributed by atoms with Crippen LogP contribution in [0.3, 0.4) is 0 Å². The van der Waals surface area contributed by atoms with E-state index in [-0.39, 0.29) is 29.2 Å². The number of nitrogens with zero attached hydrogens (tertiary/aromatic N) is 5. The van der Waals surface area contributed by atoms with Gasteiger partial charge in [0.1, 0.15) is 22.4 Å². The fourth-order valence-electron chi connectivity index (χ4n) is 8.28. The molecule has 2 amide bonds. The second-order valence-electron chi connectivity index (χ2n) is 17.4. The zero-order chi connectivity index (χ0) is 43.1. The molecule has 320 valence electrons. The second-order valence-corrected chi connectivity index (χ2v) is 21.7. The molecule has 0 spiro atoms. The lowest BCUT2D eigenvalue weighted by atomic mass is 10.0. The van der Waals surface area contributed by atoms with Crippen molar-refractivity contribution in [1.82, 2.24) is 24.6 Å². The molecular formula is C46H61N7O6Si. The highest BCUT2D eigenvalue weighted by Gasteiger charge is 2.50. The van der Waals surface area contributed by atoms with Crippen molar-refractivity contribution in [2.75, 3.05) is 38.0 Å². The Bertz CT molecular complexity index is 2180. The van der Waals surface area contributed by atoms with Crippen molar-refractivity contribution in [2.45, 2.75) is 110 Å². The maximum atomic E-state index is 13.1. The van der Waals surface area contributed by atoms with Gasteiger partial charge in [-0.2, -0.15) is 10.1 Å². The molecule has 0 saturated carbocycles. The van der Waals surface area contributed by atoms with Crippen LogP contribution in [0.15, 0.2) is 85.1 Å².